The van der Waals surface area contributed by atoms with Crippen LogP contribution in [-0.4, -0.2) is 9.97 Å². The summed E-state index contributed by atoms with van der Waals surface area (Å²) in [7, 11) is 0. The summed E-state index contributed by atoms with van der Waals surface area (Å²) in [4.78, 5) is 6.90. The van der Waals surface area contributed by atoms with Crippen molar-refractivity contribution in [3.63, 3.8) is 0 Å². The number of hydrogen-bond donors (Lipinski definition) is 2. The quantitative estimate of drug-likeness (QED) is 0.777. The van der Waals surface area contributed by atoms with Crippen LogP contribution in [0.1, 0.15) is 5.56 Å². The first kappa shape index (κ1) is 9.86. The molecule has 0 aliphatic rings. The summed E-state index contributed by atoms with van der Waals surface area (Å²) in [5.74, 6) is 0.888. The van der Waals surface area contributed by atoms with E-state index in [0.717, 1.165) is 12.4 Å². The number of hydrogen-bond acceptors (Lipinski definition) is 3. The highest BCUT2D eigenvalue weighted by atomic mass is 32.1. The van der Waals surface area contributed by atoms with Crippen LogP contribution in [0.25, 0.3) is 0 Å². The van der Waals surface area contributed by atoms with Crippen LogP contribution < -0.4 is 5.32 Å². The third-order valence-electron chi connectivity index (χ3n) is 2.01. The Hall–Kier alpha value is -1.68. The van der Waals surface area contributed by atoms with Gasteiger partial charge in [0.2, 0.25) is 0 Å². The fourth-order valence-electron chi connectivity index (χ4n) is 1.26. The van der Waals surface area contributed by atoms with Crippen molar-refractivity contribution >= 4 is 18.0 Å². The Morgan fingerprint density at radius 1 is 1.27 bits per heavy atom. The van der Waals surface area contributed by atoms with E-state index in [1.54, 1.807) is 12.4 Å². The van der Waals surface area contributed by atoms with Gasteiger partial charge in [-0.3, -0.25) is 0 Å². The number of anilines is 1. The van der Waals surface area contributed by atoms with E-state index in [1.807, 2.05) is 18.2 Å². The second kappa shape index (κ2) is 4.70. The highest BCUT2D eigenvalue weighted by Crippen LogP contribution is 2.04. The molecule has 0 unspecified atom stereocenters. The van der Waals surface area contributed by atoms with Crippen LogP contribution in [0.2, 0.25) is 0 Å². The highest BCUT2D eigenvalue weighted by molar-refractivity contribution is 7.71. The lowest BCUT2D eigenvalue weighted by atomic mass is 10.2. The van der Waals surface area contributed by atoms with E-state index in [-0.39, 0.29) is 0 Å². The molecule has 0 radical (unpaired) electrons. The molecule has 0 bridgehead atoms. The van der Waals surface area contributed by atoms with Gasteiger partial charge in [0, 0.05) is 12.6 Å². The molecule has 0 amide bonds. The third kappa shape index (κ3) is 2.89. The third-order valence-corrected chi connectivity index (χ3v) is 2.23. The molecule has 1 aromatic heterocycles. The minimum absolute atomic E-state index is 0.587. The van der Waals surface area contributed by atoms with Gasteiger partial charge in [-0.15, -0.1) is 0 Å². The largest absolute Gasteiger partial charge is 0.367 e. The van der Waals surface area contributed by atoms with Gasteiger partial charge in [0.1, 0.15) is 10.5 Å². The molecule has 76 valence electrons. The molecule has 1 heterocycles. The maximum atomic E-state index is 4.96. The molecule has 0 saturated carbocycles. The zero-order valence-electron chi connectivity index (χ0n) is 8.10. The average molecular weight is 217 g/mol. The lowest BCUT2D eigenvalue weighted by Crippen LogP contribution is -2.01. The summed E-state index contributed by atoms with van der Waals surface area (Å²) < 4.78 is 0.587. The molecular formula is C11H11N3S. The minimum atomic E-state index is 0.587. The summed E-state index contributed by atoms with van der Waals surface area (Å²) in [6.07, 6.45) is 1.59. The first-order chi connectivity index (χ1) is 7.34. The van der Waals surface area contributed by atoms with Gasteiger partial charge in [0.05, 0.1) is 6.33 Å². The Labute approximate surface area is 93.2 Å². The molecule has 4 heteroatoms. The maximum absolute atomic E-state index is 4.96. The smallest absolute Gasteiger partial charge is 0.131 e. The summed E-state index contributed by atoms with van der Waals surface area (Å²) in [5.41, 5.74) is 1.23. The first-order valence-corrected chi connectivity index (χ1v) is 5.08. The van der Waals surface area contributed by atoms with E-state index < -0.39 is 0 Å². The Balaban J connectivity index is 2.02. The molecule has 0 aliphatic heterocycles. The van der Waals surface area contributed by atoms with Crippen molar-refractivity contribution in [1.82, 2.24) is 9.97 Å². The summed E-state index contributed by atoms with van der Waals surface area (Å²) in [6, 6.07) is 12.0. The lowest BCUT2D eigenvalue weighted by Gasteiger charge is -2.05. The number of nitrogens with zero attached hydrogens (tertiary/aromatic N) is 1. The topological polar surface area (TPSA) is 40.7 Å². The predicted octanol–water partition coefficient (Wildman–Crippen LogP) is 2.75. The number of benzene rings is 1. The predicted molar refractivity (Wildman–Crippen MR) is 63.2 cm³/mol. The normalized spacial score (nSPS) is 9.87. The van der Waals surface area contributed by atoms with Crippen molar-refractivity contribution in [2.75, 3.05) is 5.32 Å². The fourth-order valence-corrected chi connectivity index (χ4v) is 1.43. The van der Waals surface area contributed by atoms with Crippen LogP contribution in [-0.2, 0) is 6.54 Å². The fraction of sp³-hybridized carbons (Fsp3) is 0.0909. The van der Waals surface area contributed by atoms with Crippen LogP contribution in [0.5, 0.6) is 0 Å². The van der Waals surface area contributed by atoms with E-state index in [9.17, 15) is 0 Å². The standard InChI is InChI=1S/C11H11N3S/c15-11-6-10(13-8-14-11)12-7-9-4-2-1-3-5-9/h1-6,8H,7H2,(H2,12,13,14,15). The van der Waals surface area contributed by atoms with Gasteiger partial charge in [-0.25, -0.2) is 4.98 Å². The maximum Gasteiger partial charge on any atom is 0.131 e. The Kier molecular flexibility index (Phi) is 3.09. The van der Waals surface area contributed by atoms with Crippen LogP contribution in [0, 0.1) is 4.64 Å². The van der Waals surface area contributed by atoms with Gasteiger partial charge < -0.3 is 10.3 Å². The van der Waals surface area contributed by atoms with Crippen molar-refractivity contribution < 1.29 is 0 Å². The molecule has 2 aromatic rings. The van der Waals surface area contributed by atoms with Crippen molar-refractivity contribution in [2.45, 2.75) is 6.54 Å². The zero-order valence-corrected chi connectivity index (χ0v) is 8.92. The van der Waals surface area contributed by atoms with Gasteiger partial charge in [-0.2, -0.15) is 0 Å². The van der Waals surface area contributed by atoms with E-state index in [0.29, 0.717) is 4.64 Å². The second-order valence-corrected chi connectivity index (χ2v) is 3.56. The molecule has 15 heavy (non-hydrogen) atoms. The lowest BCUT2D eigenvalue weighted by molar-refractivity contribution is 1.07. The minimum Gasteiger partial charge on any atom is -0.367 e. The Morgan fingerprint density at radius 3 is 2.80 bits per heavy atom. The second-order valence-electron chi connectivity index (χ2n) is 3.14. The number of H-pyrrole nitrogens is 1. The summed E-state index contributed by atoms with van der Waals surface area (Å²) in [6.45, 7) is 0.774. The van der Waals surface area contributed by atoms with Crippen molar-refractivity contribution in [3.05, 3.63) is 52.9 Å². The highest BCUT2D eigenvalue weighted by Gasteiger charge is 1.92. The summed E-state index contributed by atoms with van der Waals surface area (Å²) >= 11 is 4.96. The van der Waals surface area contributed by atoms with Crippen molar-refractivity contribution in [2.24, 2.45) is 0 Å². The monoisotopic (exact) mass is 217 g/mol. The molecular weight excluding hydrogens is 206 g/mol. The van der Waals surface area contributed by atoms with Gasteiger partial charge in [-0.1, -0.05) is 42.5 Å². The van der Waals surface area contributed by atoms with Crippen LogP contribution in [0.3, 0.4) is 0 Å². The number of rotatable bonds is 3. The first-order valence-electron chi connectivity index (χ1n) is 4.67. The number of aromatic nitrogens is 2. The van der Waals surface area contributed by atoms with Crippen LogP contribution in [0.15, 0.2) is 42.7 Å². The van der Waals surface area contributed by atoms with Gasteiger partial charge in [0.15, 0.2) is 0 Å². The van der Waals surface area contributed by atoms with E-state index in [2.05, 4.69) is 27.4 Å². The molecule has 1 aromatic carbocycles. The molecule has 0 saturated heterocycles. The zero-order chi connectivity index (χ0) is 10.5. The molecule has 2 rings (SSSR count). The Bertz CT molecular complexity index is 478. The summed E-state index contributed by atoms with van der Waals surface area (Å²) in [5, 5.41) is 3.24. The van der Waals surface area contributed by atoms with Crippen LogP contribution >= 0.6 is 12.2 Å². The van der Waals surface area contributed by atoms with Gasteiger partial charge >= 0.3 is 0 Å². The van der Waals surface area contributed by atoms with Crippen molar-refractivity contribution in [3.8, 4) is 0 Å². The van der Waals surface area contributed by atoms with E-state index >= 15 is 0 Å². The molecule has 0 atom stereocenters. The Morgan fingerprint density at radius 2 is 2.07 bits per heavy atom. The van der Waals surface area contributed by atoms with Gasteiger partial charge in [-0.05, 0) is 5.56 Å². The molecule has 0 spiro atoms. The average Bonchev–Trinajstić information content (AvgIpc) is 2.28. The van der Waals surface area contributed by atoms with Crippen LogP contribution in [0.4, 0.5) is 5.82 Å². The molecule has 3 nitrogen and oxygen atoms in total. The van der Waals surface area contributed by atoms with Crippen molar-refractivity contribution in [1.29, 1.82) is 0 Å². The van der Waals surface area contributed by atoms with Gasteiger partial charge in [0.25, 0.3) is 0 Å². The molecule has 0 fully saturated rings. The van der Waals surface area contributed by atoms with E-state index in [1.165, 1.54) is 5.56 Å². The molecule has 2 N–H and O–H groups in total. The number of nitrogens with one attached hydrogen (secondary N) is 2. The number of aromatic amines is 1. The SMILES string of the molecule is S=c1cc(NCc2ccccc2)[nH]cn1. The van der Waals surface area contributed by atoms with E-state index in [4.69, 9.17) is 12.2 Å². The molecule has 0 aliphatic carbocycles.